The molecular formula is C20H26N4O7. The molecule has 11 nitrogen and oxygen atoms in total. The molecule has 3 rings (SSSR count). The number of nitro groups is 1. The van der Waals surface area contributed by atoms with E-state index in [1.165, 1.54) is 12.1 Å². The predicted octanol–water partition coefficient (Wildman–Crippen LogP) is 1.75. The van der Waals surface area contributed by atoms with Crippen LogP contribution in [0.1, 0.15) is 42.5 Å². The van der Waals surface area contributed by atoms with Crippen LogP contribution in [-0.2, 0) is 14.3 Å². The monoisotopic (exact) mass is 434 g/mol. The van der Waals surface area contributed by atoms with Gasteiger partial charge in [0, 0.05) is 31.3 Å². The van der Waals surface area contributed by atoms with Crippen LogP contribution in [0.15, 0.2) is 18.2 Å². The van der Waals surface area contributed by atoms with Gasteiger partial charge in [-0.3, -0.25) is 20.2 Å². The summed E-state index contributed by atoms with van der Waals surface area (Å²) in [4.78, 5) is 48.9. The maximum atomic E-state index is 12.6. The largest absolute Gasteiger partial charge is 0.452 e. The van der Waals surface area contributed by atoms with Gasteiger partial charge in [0.15, 0.2) is 6.61 Å². The van der Waals surface area contributed by atoms with Crippen LogP contribution in [0.4, 0.5) is 16.2 Å². The fourth-order valence-electron chi connectivity index (χ4n) is 3.72. The molecule has 1 aromatic carbocycles. The Bertz CT molecular complexity index is 833. The number of amides is 3. The number of anilines is 1. The van der Waals surface area contributed by atoms with Gasteiger partial charge in [0.05, 0.1) is 29.4 Å². The normalized spacial score (nSPS) is 17.0. The summed E-state index contributed by atoms with van der Waals surface area (Å²) in [5.41, 5.74) is 0.185. The molecule has 0 bridgehead atoms. The third-order valence-corrected chi connectivity index (χ3v) is 5.29. The number of nitro benzene ring substituents is 1. The summed E-state index contributed by atoms with van der Waals surface area (Å²) in [6.45, 7) is 1.27. The molecule has 0 atom stereocenters. The standard InChI is InChI=1S/C20H26N4O7/c25-18(22-20(27)21-14-4-2-1-3-5-14)13-31-19(26)16-12-15(24(28)29)6-7-17(16)23-8-10-30-11-9-23/h6-7,12,14H,1-5,8-11,13H2,(H2,21,22,25,27). The zero-order chi connectivity index (χ0) is 22.2. The molecule has 1 saturated carbocycles. The molecule has 1 saturated heterocycles. The second-order valence-electron chi connectivity index (χ2n) is 7.49. The highest BCUT2D eigenvalue weighted by molar-refractivity contribution is 5.99. The molecule has 1 aromatic rings. The number of hydrogen-bond donors (Lipinski definition) is 2. The lowest BCUT2D eigenvalue weighted by Crippen LogP contribution is -2.46. The fourth-order valence-corrected chi connectivity index (χ4v) is 3.72. The van der Waals surface area contributed by atoms with Gasteiger partial charge in [-0.15, -0.1) is 0 Å². The number of hydrogen-bond acceptors (Lipinski definition) is 8. The molecule has 0 aromatic heterocycles. The van der Waals surface area contributed by atoms with Crippen molar-refractivity contribution in [1.29, 1.82) is 0 Å². The number of ether oxygens (including phenoxy) is 2. The van der Waals surface area contributed by atoms with Gasteiger partial charge in [0.2, 0.25) is 0 Å². The van der Waals surface area contributed by atoms with Gasteiger partial charge >= 0.3 is 12.0 Å². The number of non-ortho nitro benzene ring substituents is 1. The molecule has 168 valence electrons. The molecule has 0 radical (unpaired) electrons. The molecular weight excluding hydrogens is 408 g/mol. The van der Waals surface area contributed by atoms with Crippen molar-refractivity contribution in [3.63, 3.8) is 0 Å². The summed E-state index contributed by atoms with van der Waals surface area (Å²) < 4.78 is 10.3. The van der Waals surface area contributed by atoms with Gasteiger partial charge in [-0.2, -0.15) is 0 Å². The van der Waals surface area contributed by atoms with E-state index in [1.807, 2.05) is 4.90 Å². The lowest BCUT2D eigenvalue weighted by Gasteiger charge is -2.30. The number of morpholine rings is 1. The maximum absolute atomic E-state index is 12.6. The Kier molecular flexibility index (Phi) is 7.76. The third kappa shape index (κ3) is 6.38. The van der Waals surface area contributed by atoms with Crippen molar-refractivity contribution in [2.75, 3.05) is 37.8 Å². The van der Waals surface area contributed by atoms with Crippen molar-refractivity contribution in [2.45, 2.75) is 38.1 Å². The Labute approximate surface area is 179 Å². The summed E-state index contributed by atoms with van der Waals surface area (Å²) in [5.74, 6) is -1.66. The first-order chi connectivity index (χ1) is 14.9. The van der Waals surface area contributed by atoms with Crippen molar-refractivity contribution in [2.24, 2.45) is 0 Å². The van der Waals surface area contributed by atoms with Crippen molar-refractivity contribution < 1.29 is 28.8 Å². The number of imide groups is 1. The van der Waals surface area contributed by atoms with Gasteiger partial charge in [0.1, 0.15) is 0 Å². The molecule has 31 heavy (non-hydrogen) atoms. The highest BCUT2D eigenvalue weighted by Gasteiger charge is 2.24. The number of carbonyl (C=O) groups excluding carboxylic acids is 3. The summed E-state index contributed by atoms with van der Waals surface area (Å²) in [6, 6.07) is 3.32. The first kappa shape index (κ1) is 22.5. The molecule has 1 aliphatic carbocycles. The van der Waals surface area contributed by atoms with E-state index in [9.17, 15) is 24.5 Å². The van der Waals surface area contributed by atoms with Crippen molar-refractivity contribution in [3.05, 3.63) is 33.9 Å². The number of benzene rings is 1. The molecule has 11 heteroatoms. The minimum absolute atomic E-state index is 0.0180. The Morgan fingerprint density at radius 1 is 1.16 bits per heavy atom. The predicted molar refractivity (Wildman–Crippen MR) is 110 cm³/mol. The van der Waals surface area contributed by atoms with Crippen LogP contribution in [0.3, 0.4) is 0 Å². The van der Waals surface area contributed by atoms with Crippen LogP contribution in [0.5, 0.6) is 0 Å². The molecule has 1 aliphatic heterocycles. The summed E-state index contributed by atoms with van der Waals surface area (Å²) in [6.07, 6.45) is 4.94. The lowest BCUT2D eigenvalue weighted by atomic mass is 9.96. The SMILES string of the molecule is O=C(COC(=O)c1cc([N+](=O)[O-])ccc1N1CCOCC1)NC(=O)NC1CCCCC1. The number of esters is 1. The zero-order valence-electron chi connectivity index (χ0n) is 17.1. The van der Waals surface area contributed by atoms with E-state index < -0.39 is 29.4 Å². The molecule has 3 amide bonds. The van der Waals surface area contributed by atoms with Crippen molar-refractivity contribution >= 4 is 29.3 Å². The minimum Gasteiger partial charge on any atom is -0.452 e. The molecule has 0 unspecified atom stereocenters. The van der Waals surface area contributed by atoms with E-state index in [4.69, 9.17) is 9.47 Å². The second kappa shape index (κ2) is 10.7. The van der Waals surface area contributed by atoms with Gasteiger partial charge < -0.3 is 19.7 Å². The second-order valence-corrected chi connectivity index (χ2v) is 7.49. The summed E-state index contributed by atoms with van der Waals surface area (Å²) >= 11 is 0. The molecule has 2 aliphatic rings. The first-order valence-corrected chi connectivity index (χ1v) is 10.3. The van der Waals surface area contributed by atoms with Crippen molar-refractivity contribution in [3.8, 4) is 0 Å². The van der Waals surface area contributed by atoms with Gasteiger partial charge in [-0.25, -0.2) is 9.59 Å². The van der Waals surface area contributed by atoms with E-state index >= 15 is 0 Å². The van der Waals surface area contributed by atoms with Crippen LogP contribution in [0, 0.1) is 10.1 Å². The van der Waals surface area contributed by atoms with Gasteiger partial charge in [0.25, 0.3) is 11.6 Å². The maximum Gasteiger partial charge on any atom is 0.341 e. The highest BCUT2D eigenvalue weighted by atomic mass is 16.6. The van der Waals surface area contributed by atoms with Gasteiger partial charge in [-0.1, -0.05) is 19.3 Å². The number of rotatable bonds is 6. The Morgan fingerprint density at radius 2 is 1.87 bits per heavy atom. The van der Waals surface area contributed by atoms with Crippen LogP contribution in [0.25, 0.3) is 0 Å². The Morgan fingerprint density at radius 3 is 2.55 bits per heavy atom. The average molecular weight is 434 g/mol. The number of carbonyl (C=O) groups is 3. The number of urea groups is 1. The van der Waals surface area contributed by atoms with E-state index in [2.05, 4.69) is 10.6 Å². The van der Waals surface area contributed by atoms with E-state index in [0.717, 1.165) is 38.2 Å². The van der Waals surface area contributed by atoms with Crippen LogP contribution in [-0.4, -0.2) is 61.8 Å². The highest BCUT2D eigenvalue weighted by Crippen LogP contribution is 2.27. The van der Waals surface area contributed by atoms with Crippen molar-refractivity contribution in [1.82, 2.24) is 10.6 Å². The Balaban J connectivity index is 1.59. The van der Waals surface area contributed by atoms with E-state index in [-0.39, 0.29) is 17.3 Å². The molecule has 2 N–H and O–H groups in total. The van der Waals surface area contributed by atoms with E-state index in [0.29, 0.717) is 32.0 Å². The minimum atomic E-state index is -0.881. The van der Waals surface area contributed by atoms with Gasteiger partial charge in [-0.05, 0) is 18.9 Å². The topological polar surface area (TPSA) is 140 Å². The van der Waals surface area contributed by atoms with Crippen LogP contribution in [0.2, 0.25) is 0 Å². The first-order valence-electron chi connectivity index (χ1n) is 10.3. The molecule has 0 spiro atoms. The van der Waals surface area contributed by atoms with Crippen LogP contribution < -0.4 is 15.5 Å². The molecule has 1 heterocycles. The lowest BCUT2D eigenvalue weighted by molar-refractivity contribution is -0.384. The molecule has 2 fully saturated rings. The third-order valence-electron chi connectivity index (χ3n) is 5.29. The van der Waals surface area contributed by atoms with E-state index in [1.54, 1.807) is 0 Å². The zero-order valence-corrected chi connectivity index (χ0v) is 17.1. The summed E-state index contributed by atoms with van der Waals surface area (Å²) in [7, 11) is 0. The number of nitrogens with zero attached hydrogens (tertiary/aromatic N) is 2. The van der Waals surface area contributed by atoms with Crippen LogP contribution >= 0.6 is 0 Å². The number of nitrogens with one attached hydrogen (secondary N) is 2. The summed E-state index contributed by atoms with van der Waals surface area (Å²) in [5, 5.41) is 16.0. The quantitative estimate of drug-likeness (QED) is 0.392. The fraction of sp³-hybridized carbons (Fsp3) is 0.550. The smallest absolute Gasteiger partial charge is 0.341 e. The average Bonchev–Trinajstić information content (AvgIpc) is 2.78. The Hall–Kier alpha value is -3.21.